The topological polar surface area (TPSA) is 210 Å². The predicted molar refractivity (Wildman–Crippen MR) is 613 cm³/mol. The highest BCUT2D eigenvalue weighted by Gasteiger charge is 2.40. The molecule has 0 saturated heterocycles. The molecular weight excluding hydrogens is 1870 g/mol. The maximum Gasteiger partial charge on any atom is 0.312 e. The lowest BCUT2D eigenvalue weighted by Crippen LogP contribution is -2.30. The average Bonchev–Trinajstić information content (AvgIpc) is 1.63. The van der Waals surface area contributed by atoms with Gasteiger partial charge in [0.05, 0.1) is 45.3 Å². The van der Waals surface area contributed by atoms with E-state index in [4.69, 9.17) is 37.9 Å². The average molecular weight is 2060 g/mol. The van der Waals surface area contributed by atoms with Gasteiger partial charge in [0, 0.05) is 23.7 Å². The first kappa shape index (κ1) is 130. The number of rotatable bonds is 42. The van der Waals surface area contributed by atoms with Crippen LogP contribution in [0.5, 0.6) is 0 Å². The Labute approximate surface area is 907 Å². The molecule has 12 atom stereocenters. The summed E-state index contributed by atoms with van der Waals surface area (Å²) in [5.41, 5.74) is 7.26. The summed E-state index contributed by atoms with van der Waals surface area (Å²) in [5.74, 6) is 1.77. The number of carbonyl (C=O) groups is 8. The Hall–Kier alpha value is -10.5. The number of hydrogen-bond acceptors (Lipinski definition) is 16. The van der Waals surface area contributed by atoms with Crippen molar-refractivity contribution in [1.82, 2.24) is 0 Å². The van der Waals surface area contributed by atoms with E-state index < -0.39 is 21.7 Å². The summed E-state index contributed by atoms with van der Waals surface area (Å²) >= 11 is 0. The molecule has 4 saturated carbocycles. The van der Waals surface area contributed by atoms with Crippen molar-refractivity contribution >= 4 is 47.8 Å². The third-order valence-corrected chi connectivity index (χ3v) is 31.0. The second kappa shape index (κ2) is 70.0. The van der Waals surface area contributed by atoms with Gasteiger partial charge in [0.2, 0.25) is 0 Å². The van der Waals surface area contributed by atoms with Crippen molar-refractivity contribution in [3.05, 3.63) is 287 Å². The van der Waals surface area contributed by atoms with Crippen LogP contribution >= 0.6 is 0 Å². The van der Waals surface area contributed by atoms with Gasteiger partial charge in [-0.2, -0.15) is 0 Å². The minimum Gasteiger partial charge on any atom is -0.457 e. The molecule has 0 aromatic heterocycles. The molecule has 150 heavy (non-hydrogen) atoms. The summed E-state index contributed by atoms with van der Waals surface area (Å²) in [6.07, 6.45) is 31.5. The van der Waals surface area contributed by atoms with E-state index in [0.717, 1.165) is 122 Å². The third kappa shape index (κ3) is 45.4. The normalized spacial score (nSPS) is 16.3. The monoisotopic (exact) mass is 2060 g/mol. The smallest absolute Gasteiger partial charge is 0.312 e. The maximum absolute atomic E-state index is 12.5. The van der Waals surface area contributed by atoms with Crippen molar-refractivity contribution in [1.29, 1.82) is 0 Å². The summed E-state index contributed by atoms with van der Waals surface area (Å²) in [6, 6.07) is 80.7. The number of benzene rings is 8. The van der Waals surface area contributed by atoms with Crippen molar-refractivity contribution < 1.29 is 76.3 Å². The molecule has 0 radical (unpaired) electrons. The fourth-order valence-electron chi connectivity index (χ4n) is 18.0. The summed E-state index contributed by atoms with van der Waals surface area (Å²) in [5, 5.41) is 0. The summed E-state index contributed by atoms with van der Waals surface area (Å²) < 4.78 is 46.3. The Morgan fingerprint density at radius 2 is 0.413 bits per heavy atom. The van der Waals surface area contributed by atoms with Crippen LogP contribution in [0.15, 0.2) is 243 Å². The molecule has 4 aliphatic rings. The van der Waals surface area contributed by atoms with Crippen LogP contribution in [-0.4, -0.2) is 47.8 Å². The van der Waals surface area contributed by atoms with Crippen LogP contribution in [-0.2, 0) is 76.3 Å². The second-order valence-corrected chi connectivity index (χ2v) is 45.3. The van der Waals surface area contributed by atoms with E-state index in [1.807, 2.05) is 333 Å². The van der Waals surface area contributed by atoms with Crippen LogP contribution in [0, 0.1) is 80.8 Å². The molecule has 16 heteroatoms. The van der Waals surface area contributed by atoms with Crippen LogP contribution in [0.4, 0.5) is 0 Å². The van der Waals surface area contributed by atoms with Gasteiger partial charge in [0.1, 0.15) is 48.8 Å². The van der Waals surface area contributed by atoms with E-state index in [9.17, 15) is 38.4 Å². The standard InChI is InChI=1S/C19H28O2.2C18H26O2.C17H24O2.2C16H24O2.2C15H22O2/c1-4-19(2,3)18(20)21-17(15-11-7-5-8-12-15)16-13-9-6-10-14-16;1-4-18(2,3)17(19)20-16(15-12-8-9-13-15)14-10-6-5-7-11-14;1-3-14(2)18(19)20-17(15-10-6-4-7-11-15)16-12-8-5-9-13-16;1-3-13(2)17(18)19-16(15-11-7-8-12-15)14-9-5-4-6-10-14;1-6-16(4,5)15(17)18-14(12(2)3)13-10-8-7-9-11-13;1-5-10-14(13-11-8-7-9-12-13)18-15(17)16(3,4)6-2;1-5-12(4)15(16)17-14(11(2)3)13-9-7-6-8-10-13;1-4-9-14(13-10-7-6-8-11-13)17-15(16)12(3)5-2/h5,7-8,11-12,16-17H,4,6,9-10,13-14H2,1-3H3;5-7,10-11,15-16H,4,8-9,12-13H2,1-3H3;4,6-7,10-11,14,16-17H,3,5,8-9,12-13H2,1-2H3;4-6,9-10,13,15-16H,3,7-8,11-12H2,1-2H3;7-12,14H,6H2,1-5H3;7-9,11-12,14H,5-6,10H2,1-4H3;6-12,14H,5H2,1-4H3;6-8,10-12,14H,4-5,9H2,1-3H3. The molecule has 0 aliphatic heterocycles. The molecule has 8 aromatic rings. The zero-order valence-electron chi connectivity index (χ0n) is 97.2. The fraction of sp³-hybridized carbons (Fsp3) is 0.582. The van der Waals surface area contributed by atoms with Crippen LogP contribution in [0.25, 0.3) is 0 Å². The molecule has 8 aromatic carbocycles. The highest BCUT2D eigenvalue weighted by atomic mass is 16.6. The van der Waals surface area contributed by atoms with Crippen molar-refractivity contribution in [2.24, 2.45) is 80.8 Å². The number of ether oxygens (including phenoxy) is 8. The lowest BCUT2D eigenvalue weighted by atomic mass is 9.82. The first-order chi connectivity index (χ1) is 71.7. The fourth-order valence-corrected chi connectivity index (χ4v) is 18.0. The minimum atomic E-state index is -0.415. The molecule has 828 valence electrons. The van der Waals surface area contributed by atoms with E-state index in [-0.39, 0.29) is 132 Å². The molecule has 0 heterocycles. The maximum atomic E-state index is 12.5. The molecule has 0 spiro atoms. The molecule has 0 amide bonds. The van der Waals surface area contributed by atoms with Crippen molar-refractivity contribution in [2.75, 3.05) is 0 Å². The number of hydrogen-bond donors (Lipinski definition) is 0. The van der Waals surface area contributed by atoms with Gasteiger partial charge < -0.3 is 37.9 Å². The van der Waals surface area contributed by atoms with Crippen LogP contribution in [0.1, 0.15) is 466 Å². The van der Waals surface area contributed by atoms with Crippen molar-refractivity contribution in [3.8, 4) is 0 Å². The zero-order valence-corrected chi connectivity index (χ0v) is 97.2. The van der Waals surface area contributed by atoms with E-state index in [2.05, 4.69) is 90.1 Å². The van der Waals surface area contributed by atoms with E-state index in [0.29, 0.717) is 23.7 Å². The van der Waals surface area contributed by atoms with Gasteiger partial charge in [-0.1, -0.05) is 444 Å². The number of carbonyl (C=O) groups excluding carboxylic acids is 8. The molecule has 4 aliphatic carbocycles. The van der Waals surface area contributed by atoms with Crippen LogP contribution in [0.3, 0.4) is 0 Å². The van der Waals surface area contributed by atoms with Gasteiger partial charge in [-0.15, -0.1) is 0 Å². The summed E-state index contributed by atoms with van der Waals surface area (Å²) in [7, 11) is 0. The van der Waals surface area contributed by atoms with Crippen molar-refractivity contribution in [2.45, 2.75) is 421 Å². The molecular formula is C134H196O16. The molecule has 0 bridgehead atoms. The summed E-state index contributed by atoms with van der Waals surface area (Å²) in [6.45, 7) is 52.0. The van der Waals surface area contributed by atoms with Gasteiger partial charge in [-0.3, -0.25) is 38.4 Å². The molecule has 12 rings (SSSR count). The quantitative estimate of drug-likeness (QED) is 0.0257. The first-order valence-electron chi connectivity index (χ1n) is 57.7. The van der Waals surface area contributed by atoms with Gasteiger partial charge in [-0.25, -0.2) is 0 Å². The first-order valence-corrected chi connectivity index (χ1v) is 57.7. The van der Waals surface area contributed by atoms with Gasteiger partial charge in [0.25, 0.3) is 0 Å². The third-order valence-electron chi connectivity index (χ3n) is 31.0. The Balaban J connectivity index is 0.000000301. The summed E-state index contributed by atoms with van der Waals surface area (Å²) in [4.78, 5) is 97.1. The molecule has 4 fully saturated rings. The Morgan fingerprint density at radius 3 is 0.640 bits per heavy atom. The predicted octanol–water partition coefficient (Wildman–Crippen LogP) is 36.5. The van der Waals surface area contributed by atoms with Crippen LogP contribution < -0.4 is 0 Å². The largest absolute Gasteiger partial charge is 0.457 e. The lowest BCUT2D eigenvalue weighted by Gasteiger charge is -2.33. The van der Waals surface area contributed by atoms with Gasteiger partial charge >= 0.3 is 47.8 Å². The minimum absolute atomic E-state index is 0.00684. The van der Waals surface area contributed by atoms with Gasteiger partial charge in [0.15, 0.2) is 0 Å². The lowest BCUT2D eigenvalue weighted by molar-refractivity contribution is -0.164. The second-order valence-electron chi connectivity index (χ2n) is 45.3. The highest BCUT2D eigenvalue weighted by molar-refractivity contribution is 5.78. The zero-order chi connectivity index (χ0) is 111. The Bertz CT molecular complexity index is 4940. The van der Waals surface area contributed by atoms with E-state index >= 15 is 0 Å². The molecule has 12 unspecified atom stereocenters. The Morgan fingerprint density at radius 1 is 0.227 bits per heavy atom. The SMILES string of the molecule is CCC(C)(C)C(=O)OC(c1ccccc1)C(C)C.CCC(C)(C)C(=O)OC(c1ccccc1)C1CCCC1.CCC(C)(C)C(=O)OC(c1ccccc1)C1CCCCC1.CCC(C)C(=O)OC(c1ccccc1)C(C)C.CCC(C)C(=O)OC(c1ccccc1)C1CCCC1.CCC(C)C(=O)OC(c1ccccc1)C1CCCCC1.CCCC(OC(=O)C(C)(C)CC)c1ccccc1.CCCC(OC(=O)C(C)CC)c1ccccc1. The Kier molecular flexibility index (Phi) is 60.6. The molecule has 0 N–H and O–H groups in total. The van der Waals surface area contributed by atoms with E-state index in [1.54, 1.807) is 0 Å². The van der Waals surface area contributed by atoms with Crippen molar-refractivity contribution in [3.63, 3.8) is 0 Å². The highest BCUT2D eigenvalue weighted by Crippen LogP contribution is 2.45. The number of esters is 8. The van der Waals surface area contributed by atoms with Gasteiger partial charge in [-0.05, 0) is 227 Å². The van der Waals surface area contributed by atoms with E-state index in [1.165, 1.54) is 116 Å². The molecule has 16 nitrogen and oxygen atoms in total. The van der Waals surface area contributed by atoms with Crippen LogP contribution in [0.2, 0.25) is 0 Å².